The minimum atomic E-state index is -0.382. The van der Waals surface area contributed by atoms with Gasteiger partial charge in [-0.25, -0.2) is 4.79 Å². The van der Waals surface area contributed by atoms with Crippen molar-refractivity contribution in [3.63, 3.8) is 0 Å². The SMILES string of the molecule is Cn1c(=O)[nH]c(=O)c2cc(N3CCNCC3)ccc21. The predicted octanol–water partition coefficient (Wildman–Crippen LogP) is -0.364. The first-order chi connectivity index (χ1) is 9.16. The molecule has 1 aromatic heterocycles. The van der Waals surface area contributed by atoms with Crippen LogP contribution in [-0.2, 0) is 7.05 Å². The van der Waals surface area contributed by atoms with Gasteiger partial charge in [0.15, 0.2) is 0 Å². The molecule has 1 aromatic carbocycles. The molecule has 6 nitrogen and oxygen atoms in total. The third-order valence-electron chi connectivity index (χ3n) is 3.59. The standard InChI is InChI=1S/C13H16N4O2/c1-16-11-3-2-9(17-6-4-14-5-7-17)8-10(11)12(18)15-13(16)19/h2-3,8,14H,4-7H2,1H3,(H,15,18,19). The molecule has 2 aromatic rings. The lowest BCUT2D eigenvalue weighted by Crippen LogP contribution is -2.43. The van der Waals surface area contributed by atoms with E-state index in [1.165, 1.54) is 4.57 Å². The Labute approximate surface area is 109 Å². The van der Waals surface area contributed by atoms with E-state index in [1.54, 1.807) is 7.05 Å². The van der Waals surface area contributed by atoms with Crippen molar-refractivity contribution in [2.75, 3.05) is 31.1 Å². The number of piperazine rings is 1. The average molecular weight is 260 g/mol. The van der Waals surface area contributed by atoms with Gasteiger partial charge in [-0.3, -0.25) is 14.3 Å². The number of hydrogen-bond donors (Lipinski definition) is 2. The van der Waals surface area contributed by atoms with Gasteiger partial charge in [0.25, 0.3) is 5.56 Å². The summed E-state index contributed by atoms with van der Waals surface area (Å²) in [7, 11) is 1.66. The smallest absolute Gasteiger partial charge is 0.328 e. The zero-order valence-electron chi connectivity index (χ0n) is 10.8. The van der Waals surface area contributed by atoms with E-state index in [0.717, 1.165) is 31.9 Å². The second-order valence-electron chi connectivity index (χ2n) is 4.76. The molecule has 0 amide bonds. The number of hydrogen-bond acceptors (Lipinski definition) is 4. The zero-order valence-corrected chi connectivity index (χ0v) is 10.8. The van der Waals surface area contributed by atoms with Crippen molar-refractivity contribution in [3.8, 4) is 0 Å². The fourth-order valence-electron chi connectivity index (χ4n) is 2.48. The molecule has 1 fully saturated rings. The first kappa shape index (κ1) is 12.0. The average Bonchev–Trinajstić information content (AvgIpc) is 2.45. The van der Waals surface area contributed by atoms with Crippen molar-refractivity contribution in [1.29, 1.82) is 0 Å². The van der Waals surface area contributed by atoms with Crippen LogP contribution in [0.2, 0.25) is 0 Å². The Morgan fingerprint density at radius 1 is 1.16 bits per heavy atom. The van der Waals surface area contributed by atoms with Gasteiger partial charge in [0.1, 0.15) is 0 Å². The number of nitrogens with zero attached hydrogens (tertiary/aromatic N) is 2. The largest absolute Gasteiger partial charge is 0.369 e. The van der Waals surface area contributed by atoms with Crippen LogP contribution in [0, 0.1) is 0 Å². The number of rotatable bonds is 1. The summed E-state index contributed by atoms with van der Waals surface area (Å²) in [6.45, 7) is 3.74. The highest BCUT2D eigenvalue weighted by Crippen LogP contribution is 2.19. The first-order valence-electron chi connectivity index (χ1n) is 6.35. The Hall–Kier alpha value is -2.08. The number of aromatic amines is 1. The topological polar surface area (TPSA) is 70.1 Å². The Balaban J connectivity index is 2.15. The van der Waals surface area contributed by atoms with Gasteiger partial charge in [-0.2, -0.15) is 0 Å². The van der Waals surface area contributed by atoms with E-state index in [0.29, 0.717) is 10.9 Å². The maximum atomic E-state index is 11.9. The van der Waals surface area contributed by atoms with E-state index < -0.39 is 0 Å². The number of anilines is 1. The molecule has 1 aliphatic heterocycles. The summed E-state index contributed by atoms with van der Waals surface area (Å²) in [5.41, 5.74) is 0.980. The van der Waals surface area contributed by atoms with E-state index in [-0.39, 0.29) is 11.2 Å². The number of aryl methyl sites for hydroxylation is 1. The van der Waals surface area contributed by atoms with Crippen molar-refractivity contribution in [2.45, 2.75) is 0 Å². The summed E-state index contributed by atoms with van der Waals surface area (Å²) in [5.74, 6) is 0. The molecule has 2 N–H and O–H groups in total. The highest BCUT2D eigenvalue weighted by atomic mass is 16.2. The second-order valence-corrected chi connectivity index (χ2v) is 4.76. The third-order valence-corrected chi connectivity index (χ3v) is 3.59. The van der Waals surface area contributed by atoms with Crippen LogP contribution < -0.4 is 21.5 Å². The van der Waals surface area contributed by atoms with Crippen LogP contribution in [0.15, 0.2) is 27.8 Å². The Morgan fingerprint density at radius 2 is 1.89 bits per heavy atom. The van der Waals surface area contributed by atoms with Crippen molar-refractivity contribution in [2.24, 2.45) is 7.05 Å². The molecular formula is C13H16N4O2. The summed E-state index contributed by atoms with van der Waals surface area (Å²) in [5, 5.41) is 3.85. The molecule has 1 aliphatic rings. The summed E-state index contributed by atoms with van der Waals surface area (Å²) in [6, 6.07) is 5.66. The lowest BCUT2D eigenvalue weighted by molar-refractivity contribution is 0.589. The normalized spacial score (nSPS) is 15.9. The number of nitrogens with one attached hydrogen (secondary N) is 2. The van der Waals surface area contributed by atoms with Gasteiger partial charge in [-0.1, -0.05) is 0 Å². The number of benzene rings is 1. The molecule has 0 spiro atoms. The van der Waals surface area contributed by atoms with E-state index in [2.05, 4.69) is 15.2 Å². The molecule has 1 saturated heterocycles. The maximum absolute atomic E-state index is 11.9. The first-order valence-corrected chi connectivity index (χ1v) is 6.35. The van der Waals surface area contributed by atoms with Gasteiger partial charge < -0.3 is 10.2 Å². The zero-order chi connectivity index (χ0) is 13.4. The summed E-state index contributed by atoms with van der Waals surface area (Å²) in [6.07, 6.45) is 0. The molecule has 0 saturated carbocycles. The lowest BCUT2D eigenvalue weighted by Gasteiger charge is -2.29. The van der Waals surface area contributed by atoms with Crippen molar-refractivity contribution >= 4 is 16.6 Å². The summed E-state index contributed by atoms with van der Waals surface area (Å²) < 4.78 is 1.46. The van der Waals surface area contributed by atoms with Crippen LogP contribution in [0.4, 0.5) is 5.69 Å². The Bertz CT molecular complexity index is 725. The van der Waals surface area contributed by atoms with Gasteiger partial charge in [0.05, 0.1) is 10.9 Å². The highest BCUT2D eigenvalue weighted by Gasteiger charge is 2.12. The minimum absolute atomic E-state index is 0.324. The monoisotopic (exact) mass is 260 g/mol. The summed E-state index contributed by atoms with van der Waals surface area (Å²) >= 11 is 0. The molecule has 100 valence electrons. The lowest BCUT2D eigenvalue weighted by atomic mass is 10.2. The van der Waals surface area contributed by atoms with Crippen LogP contribution >= 0.6 is 0 Å². The van der Waals surface area contributed by atoms with Crippen LogP contribution in [0.25, 0.3) is 10.9 Å². The predicted molar refractivity (Wildman–Crippen MR) is 74.9 cm³/mol. The highest BCUT2D eigenvalue weighted by molar-refractivity contribution is 5.82. The van der Waals surface area contributed by atoms with Crippen LogP contribution in [0.3, 0.4) is 0 Å². The summed E-state index contributed by atoms with van der Waals surface area (Å²) in [4.78, 5) is 28.0. The molecule has 6 heteroatoms. The molecule has 0 bridgehead atoms. The minimum Gasteiger partial charge on any atom is -0.369 e. The molecule has 0 aliphatic carbocycles. The van der Waals surface area contributed by atoms with Crippen LogP contribution in [0.1, 0.15) is 0 Å². The molecule has 19 heavy (non-hydrogen) atoms. The fourth-order valence-corrected chi connectivity index (χ4v) is 2.48. The van der Waals surface area contributed by atoms with Crippen LogP contribution in [-0.4, -0.2) is 35.7 Å². The van der Waals surface area contributed by atoms with E-state index in [4.69, 9.17) is 0 Å². The van der Waals surface area contributed by atoms with Crippen molar-refractivity contribution in [1.82, 2.24) is 14.9 Å². The molecule has 3 rings (SSSR count). The van der Waals surface area contributed by atoms with Gasteiger partial charge >= 0.3 is 5.69 Å². The number of aromatic nitrogens is 2. The van der Waals surface area contributed by atoms with E-state index >= 15 is 0 Å². The van der Waals surface area contributed by atoms with Gasteiger partial charge in [0, 0.05) is 38.9 Å². The third kappa shape index (κ3) is 2.04. The van der Waals surface area contributed by atoms with Crippen molar-refractivity contribution < 1.29 is 0 Å². The number of H-pyrrole nitrogens is 1. The van der Waals surface area contributed by atoms with Gasteiger partial charge in [-0.05, 0) is 18.2 Å². The molecule has 2 heterocycles. The van der Waals surface area contributed by atoms with E-state index in [9.17, 15) is 9.59 Å². The molecular weight excluding hydrogens is 244 g/mol. The molecule has 0 atom stereocenters. The number of fused-ring (bicyclic) bond motifs is 1. The van der Waals surface area contributed by atoms with Gasteiger partial charge in [0.2, 0.25) is 0 Å². The Morgan fingerprint density at radius 3 is 2.63 bits per heavy atom. The quantitative estimate of drug-likeness (QED) is 0.734. The Kier molecular flexibility index (Phi) is 2.87. The molecule has 0 unspecified atom stereocenters. The second kappa shape index (κ2) is 4.55. The van der Waals surface area contributed by atoms with Crippen molar-refractivity contribution in [3.05, 3.63) is 39.0 Å². The van der Waals surface area contributed by atoms with Gasteiger partial charge in [-0.15, -0.1) is 0 Å². The maximum Gasteiger partial charge on any atom is 0.328 e. The molecule has 0 radical (unpaired) electrons. The van der Waals surface area contributed by atoms with E-state index in [1.807, 2.05) is 18.2 Å². The van der Waals surface area contributed by atoms with Crippen LogP contribution in [0.5, 0.6) is 0 Å². The fraction of sp³-hybridized carbons (Fsp3) is 0.385.